The minimum atomic E-state index is -0.711. The predicted molar refractivity (Wildman–Crippen MR) is 137 cm³/mol. The maximum Gasteiger partial charge on any atom is 0.308 e. The Labute approximate surface area is 217 Å². The molecule has 0 unspecified atom stereocenters. The first kappa shape index (κ1) is 29.5. The van der Waals surface area contributed by atoms with Gasteiger partial charge in [-0.15, -0.1) is 0 Å². The first-order chi connectivity index (χ1) is 16.9. The molecule has 0 bridgehead atoms. The molecule has 0 saturated carbocycles. The number of rotatable bonds is 17. The largest absolute Gasteiger partial charge is 0.426 e. The van der Waals surface area contributed by atoms with Crippen molar-refractivity contribution in [2.75, 3.05) is 32.9 Å². The number of nitrogens with one attached hydrogen (secondary N) is 1. The highest BCUT2D eigenvalue weighted by atomic mass is 35.5. The molecular weight excluding hydrogens is 493 g/mol. The number of esters is 1. The lowest BCUT2D eigenvalue weighted by Crippen LogP contribution is -2.22. The molecule has 35 heavy (non-hydrogen) atoms. The van der Waals surface area contributed by atoms with Crippen molar-refractivity contribution in [2.45, 2.75) is 51.9 Å². The van der Waals surface area contributed by atoms with Gasteiger partial charge in [-0.2, -0.15) is 0 Å². The van der Waals surface area contributed by atoms with Crippen LogP contribution < -0.4 is 10.1 Å². The van der Waals surface area contributed by atoms with Gasteiger partial charge in [-0.05, 0) is 60.8 Å². The molecule has 1 atom stereocenters. The molecule has 0 aliphatic carbocycles. The average Bonchev–Trinajstić information content (AvgIpc) is 2.83. The fourth-order valence-electron chi connectivity index (χ4n) is 3.40. The molecular formula is C26H35Cl2NO6. The van der Waals surface area contributed by atoms with E-state index in [0.29, 0.717) is 59.9 Å². The Morgan fingerprint density at radius 3 is 2.51 bits per heavy atom. The standard InChI is InChI=1S/C26H35Cl2NO6/c1-19(31)35-26-9-6-20(14-21(26)17-30)25(32)16-29-10-4-2-3-5-11-33-12-13-34-18-22-15-23(27)7-8-24(22)28/h6-9,14-15,25,29-30,32H,2-5,10-13,16-18H2,1H3/t25-/m0/s1. The van der Waals surface area contributed by atoms with Crippen molar-refractivity contribution < 1.29 is 29.2 Å². The van der Waals surface area contributed by atoms with Crippen LogP contribution in [0.2, 0.25) is 10.0 Å². The van der Waals surface area contributed by atoms with Crippen molar-refractivity contribution in [3.8, 4) is 5.75 Å². The highest BCUT2D eigenvalue weighted by molar-refractivity contribution is 6.33. The molecule has 2 rings (SSSR count). The van der Waals surface area contributed by atoms with Crippen LogP contribution in [0.5, 0.6) is 5.75 Å². The fourth-order valence-corrected chi connectivity index (χ4v) is 3.77. The van der Waals surface area contributed by atoms with Crippen LogP contribution >= 0.6 is 23.2 Å². The molecule has 0 aliphatic heterocycles. The van der Waals surface area contributed by atoms with E-state index in [1.54, 1.807) is 36.4 Å². The molecule has 0 spiro atoms. The lowest BCUT2D eigenvalue weighted by atomic mass is 10.1. The van der Waals surface area contributed by atoms with Gasteiger partial charge in [-0.3, -0.25) is 4.79 Å². The Kier molecular flexibility index (Phi) is 14.2. The Morgan fingerprint density at radius 2 is 1.74 bits per heavy atom. The fraction of sp³-hybridized carbons (Fsp3) is 0.500. The van der Waals surface area contributed by atoms with E-state index in [1.807, 2.05) is 0 Å². The van der Waals surface area contributed by atoms with Crippen LogP contribution in [0.3, 0.4) is 0 Å². The van der Waals surface area contributed by atoms with Crippen LogP contribution in [-0.4, -0.2) is 49.1 Å². The van der Waals surface area contributed by atoms with E-state index >= 15 is 0 Å². The number of hydrogen-bond donors (Lipinski definition) is 3. The second-order valence-corrected chi connectivity index (χ2v) is 9.00. The minimum absolute atomic E-state index is 0.273. The van der Waals surface area contributed by atoms with Crippen molar-refractivity contribution in [3.05, 3.63) is 63.1 Å². The molecule has 0 aromatic heterocycles. The van der Waals surface area contributed by atoms with Crippen molar-refractivity contribution in [1.29, 1.82) is 0 Å². The lowest BCUT2D eigenvalue weighted by molar-refractivity contribution is -0.131. The van der Waals surface area contributed by atoms with E-state index in [4.69, 9.17) is 37.4 Å². The summed E-state index contributed by atoms with van der Waals surface area (Å²) in [5, 5.41) is 24.4. The number of unbranched alkanes of at least 4 members (excludes halogenated alkanes) is 3. The molecule has 0 fully saturated rings. The monoisotopic (exact) mass is 527 g/mol. The first-order valence-electron chi connectivity index (χ1n) is 11.8. The van der Waals surface area contributed by atoms with Gasteiger partial charge >= 0.3 is 5.97 Å². The number of carbonyl (C=O) groups is 1. The zero-order chi connectivity index (χ0) is 25.5. The Morgan fingerprint density at radius 1 is 0.971 bits per heavy atom. The summed E-state index contributed by atoms with van der Waals surface area (Å²) in [6.45, 7) is 4.39. The quantitative estimate of drug-likeness (QED) is 0.154. The first-order valence-corrected chi connectivity index (χ1v) is 12.6. The lowest BCUT2D eigenvalue weighted by Gasteiger charge is -2.15. The number of benzene rings is 2. The van der Waals surface area contributed by atoms with Crippen LogP contribution in [0.25, 0.3) is 0 Å². The molecule has 7 nitrogen and oxygen atoms in total. The predicted octanol–water partition coefficient (Wildman–Crippen LogP) is 4.83. The summed E-state index contributed by atoms with van der Waals surface area (Å²) in [6, 6.07) is 10.3. The van der Waals surface area contributed by atoms with Crippen LogP contribution in [0, 0.1) is 0 Å². The average molecular weight is 528 g/mol. The molecule has 9 heteroatoms. The smallest absolute Gasteiger partial charge is 0.308 e. The van der Waals surface area contributed by atoms with Gasteiger partial charge in [0.05, 0.1) is 32.5 Å². The Bertz CT molecular complexity index is 911. The normalized spacial score (nSPS) is 12.0. The van der Waals surface area contributed by atoms with E-state index in [1.165, 1.54) is 6.92 Å². The second kappa shape index (κ2) is 16.9. The third kappa shape index (κ3) is 11.7. The SMILES string of the molecule is CC(=O)Oc1ccc([C@@H](O)CNCCCCCCOCCOCc2cc(Cl)ccc2Cl)cc1CO. The molecule has 3 N–H and O–H groups in total. The molecule has 0 radical (unpaired) electrons. The molecule has 194 valence electrons. The number of ether oxygens (including phenoxy) is 3. The number of aliphatic hydroxyl groups excluding tert-OH is 2. The minimum Gasteiger partial charge on any atom is -0.426 e. The summed E-state index contributed by atoms with van der Waals surface area (Å²) in [4.78, 5) is 11.1. The Balaban J connectivity index is 1.46. The van der Waals surface area contributed by atoms with Gasteiger partial charge < -0.3 is 29.7 Å². The number of halogens is 2. The Hall–Kier alpha value is -1.71. The van der Waals surface area contributed by atoms with Gasteiger partial charge in [-0.1, -0.05) is 42.1 Å². The molecule has 0 heterocycles. The number of aliphatic hydroxyl groups is 2. The number of carbonyl (C=O) groups excluding carboxylic acids is 1. The van der Waals surface area contributed by atoms with Crippen LogP contribution in [-0.2, 0) is 27.5 Å². The van der Waals surface area contributed by atoms with Crippen molar-refractivity contribution in [2.24, 2.45) is 0 Å². The van der Waals surface area contributed by atoms with Gasteiger partial charge in [0.25, 0.3) is 0 Å². The summed E-state index contributed by atoms with van der Waals surface area (Å²) >= 11 is 12.1. The highest BCUT2D eigenvalue weighted by Crippen LogP contribution is 2.24. The molecule has 2 aromatic rings. The van der Waals surface area contributed by atoms with Gasteiger partial charge in [-0.25, -0.2) is 0 Å². The van der Waals surface area contributed by atoms with E-state index in [2.05, 4.69) is 5.32 Å². The van der Waals surface area contributed by atoms with E-state index in [-0.39, 0.29) is 6.61 Å². The molecule has 0 aliphatic rings. The van der Waals surface area contributed by atoms with Crippen LogP contribution in [0.15, 0.2) is 36.4 Å². The zero-order valence-electron chi connectivity index (χ0n) is 20.1. The topological polar surface area (TPSA) is 97.3 Å². The highest BCUT2D eigenvalue weighted by Gasteiger charge is 2.12. The maximum absolute atomic E-state index is 11.1. The molecule has 0 saturated heterocycles. The molecule has 0 amide bonds. The van der Waals surface area contributed by atoms with Gasteiger partial charge in [0.2, 0.25) is 0 Å². The third-order valence-corrected chi connectivity index (χ3v) is 5.86. The van der Waals surface area contributed by atoms with Crippen molar-refractivity contribution in [3.63, 3.8) is 0 Å². The van der Waals surface area contributed by atoms with Crippen LogP contribution in [0.1, 0.15) is 55.4 Å². The summed E-state index contributed by atoms with van der Waals surface area (Å²) in [5.41, 5.74) is 2.00. The van der Waals surface area contributed by atoms with E-state index in [0.717, 1.165) is 37.8 Å². The van der Waals surface area contributed by atoms with E-state index in [9.17, 15) is 15.0 Å². The zero-order valence-corrected chi connectivity index (χ0v) is 21.6. The summed E-state index contributed by atoms with van der Waals surface area (Å²) < 4.78 is 16.2. The summed E-state index contributed by atoms with van der Waals surface area (Å²) in [5.74, 6) is -0.145. The second-order valence-electron chi connectivity index (χ2n) is 8.15. The maximum atomic E-state index is 11.1. The summed E-state index contributed by atoms with van der Waals surface area (Å²) in [6.07, 6.45) is 3.42. The third-order valence-electron chi connectivity index (χ3n) is 5.26. The van der Waals surface area contributed by atoms with Gasteiger partial charge in [0.15, 0.2) is 0 Å². The van der Waals surface area contributed by atoms with Crippen LogP contribution in [0.4, 0.5) is 0 Å². The van der Waals surface area contributed by atoms with Crippen molar-refractivity contribution >= 4 is 29.2 Å². The number of hydrogen-bond acceptors (Lipinski definition) is 7. The van der Waals surface area contributed by atoms with Gasteiger partial charge in [0.1, 0.15) is 5.75 Å². The van der Waals surface area contributed by atoms with E-state index < -0.39 is 12.1 Å². The van der Waals surface area contributed by atoms with Crippen molar-refractivity contribution in [1.82, 2.24) is 5.32 Å². The summed E-state index contributed by atoms with van der Waals surface area (Å²) in [7, 11) is 0. The molecule has 2 aromatic carbocycles. The van der Waals surface area contributed by atoms with Gasteiger partial charge in [0, 0.05) is 35.7 Å².